The Kier molecular flexibility index (Phi) is 6.18. The molecule has 1 heterocycles. The fraction of sp³-hybridized carbons (Fsp3) is 0.583. The maximum atomic E-state index is 12.5. The topological polar surface area (TPSA) is 98.5 Å². The molecular weight excluding hydrogens is 336 g/mol. The highest BCUT2D eigenvalue weighted by Gasteiger charge is 2.35. The molecule has 1 aromatic rings. The van der Waals surface area contributed by atoms with Gasteiger partial charge in [-0.05, 0) is 36.6 Å². The minimum atomic E-state index is -3.77. The molecule has 0 aromatic carbocycles. The van der Waals surface area contributed by atoms with Crippen molar-refractivity contribution in [2.24, 2.45) is 11.7 Å². The fourth-order valence-corrected chi connectivity index (χ4v) is 5.12. The van der Waals surface area contributed by atoms with E-state index in [4.69, 9.17) is 5.73 Å². The molecule has 120 valence electrons. The molecule has 6 nitrogen and oxygen atoms in total. The summed E-state index contributed by atoms with van der Waals surface area (Å²) in [5, 5.41) is 1.63. The summed E-state index contributed by atoms with van der Waals surface area (Å²) in [7, 11) is -2.54. The van der Waals surface area contributed by atoms with Crippen LogP contribution in [0.25, 0.3) is 0 Å². The zero-order chi connectivity index (χ0) is 14.9. The summed E-state index contributed by atoms with van der Waals surface area (Å²) in [6, 6.07) is -0.273. The van der Waals surface area contributed by atoms with Gasteiger partial charge in [0.2, 0.25) is 10.0 Å². The normalized spacial score (nSPS) is 16.1. The number of carbonyl (C=O) groups excluding carboxylic acids is 1. The van der Waals surface area contributed by atoms with Crippen LogP contribution in [0.5, 0.6) is 0 Å². The van der Waals surface area contributed by atoms with Crippen molar-refractivity contribution in [3.63, 3.8) is 0 Å². The van der Waals surface area contributed by atoms with Gasteiger partial charge in [0.05, 0.1) is 7.11 Å². The molecule has 1 aromatic heterocycles. The van der Waals surface area contributed by atoms with Gasteiger partial charge in [0, 0.05) is 12.6 Å². The second kappa shape index (κ2) is 7.06. The number of carbonyl (C=O) groups is 1. The van der Waals surface area contributed by atoms with Crippen LogP contribution in [0.3, 0.4) is 0 Å². The largest absolute Gasteiger partial charge is 0.465 e. The summed E-state index contributed by atoms with van der Waals surface area (Å²) in [4.78, 5) is 11.8. The van der Waals surface area contributed by atoms with Crippen molar-refractivity contribution >= 4 is 39.7 Å². The molecule has 21 heavy (non-hydrogen) atoms. The van der Waals surface area contributed by atoms with Crippen molar-refractivity contribution in [1.82, 2.24) is 4.72 Å². The number of methoxy groups -OCH3 is 1. The number of ether oxygens (including phenoxy) is 1. The van der Waals surface area contributed by atoms with Crippen molar-refractivity contribution in [3.05, 3.63) is 15.8 Å². The van der Waals surface area contributed by atoms with Crippen LogP contribution in [0.1, 0.15) is 28.1 Å². The van der Waals surface area contributed by atoms with Crippen LogP contribution in [0, 0.1) is 12.8 Å². The van der Waals surface area contributed by atoms with Gasteiger partial charge in [-0.15, -0.1) is 23.7 Å². The number of halogens is 1. The monoisotopic (exact) mass is 354 g/mol. The third-order valence-electron chi connectivity index (χ3n) is 3.31. The standard InChI is InChI=1S/C12H18N2O4S2.ClH/c1-7-6-19-10(12(15)18-2)11(7)20(16,17)14-9(5-13)8-3-4-8;/h6,8-9,14H,3-5,13H2,1-2H3;1H. The van der Waals surface area contributed by atoms with E-state index in [1.807, 2.05) is 0 Å². The molecular formula is C12H19ClN2O4S2. The second-order valence-electron chi connectivity index (χ2n) is 4.87. The molecule has 1 saturated carbocycles. The molecule has 9 heteroatoms. The zero-order valence-corrected chi connectivity index (χ0v) is 14.2. The lowest BCUT2D eigenvalue weighted by Crippen LogP contribution is -2.42. The number of hydrogen-bond acceptors (Lipinski definition) is 6. The Hall–Kier alpha value is -0.670. The van der Waals surface area contributed by atoms with E-state index in [0.29, 0.717) is 11.5 Å². The van der Waals surface area contributed by atoms with Crippen molar-refractivity contribution in [1.29, 1.82) is 0 Å². The minimum Gasteiger partial charge on any atom is -0.465 e. The average molecular weight is 355 g/mol. The first-order valence-electron chi connectivity index (χ1n) is 6.29. The van der Waals surface area contributed by atoms with E-state index in [1.165, 1.54) is 7.11 Å². The van der Waals surface area contributed by atoms with Crippen molar-refractivity contribution in [2.75, 3.05) is 13.7 Å². The number of esters is 1. The highest BCUT2D eigenvalue weighted by Crippen LogP contribution is 2.34. The highest BCUT2D eigenvalue weighted by atomic mass is 35.5. The van der Waals surface area contributed by atoms with Crippen molar-refractivity contribution in [3.8, 4) is 0 Å². The van der Waals surface area contributed by atoms with E-state index in [-0.39, 0.29) is 34.8 Å². The van der Waals surface area contributed by atoms with Gasteiger partial charge in [-0.1, -0.05) is 0 Å². The lowest BCUT2D eigenvalue weighted by atomic mass is 10.2. The average Bonchev–Trinajstić information content (AvgIpc) is 3.17. The first-order chi connectivity index (χ1) is 9.40. The predicted octanol–water partition coefficient (Wildman–Crippen LogP) is 1.28. The van der Waals surface area contributed by atoms with Crippen LogP contribution >= 0.6 is 23.7 Å². The summed E-state index contributed by atoms with van der Waals surface area (Å²) < 4.78 is 32.2. The predicted molar refractivity (Wildman–Crippen MR) is 83.5 cm³/mol. The Morgan fingerprint density at radius 1 is 1.57 bits per heavy atom. The molecule has 1 atom stereocenters. The maximum Gasteiger partial charge on any atom is 0.349 e. The van der Waals surface area contributed by atoms with E-state index in [9.17, 15) is 13.2 Å². The first-order valence-corrected chi connectivity index (χ1v) is 8.65. The number of sulfonamides is 1. The highest BCUT2D eigenvalue weighted by molar-refractivity contribution is 7.89. The first kappa shape index (κ1) is 18.4. The number of hydrogen-bond donors (Lipinski definition) is 2. The number of rotatable bonds is 6. The molecule has 1 aliphatic carbocycles. The Labute approximate surface area is 134 Å². The van der Waals surface area contributed by atoms with E-state index >= 15 is 0 Å². The van der Waals surface area contributed by atoms with Gasteiger partial charge in [0.15, 0.2) is 0 Å². The minimum absolute atomic E-state index is 0. The number of aryl methyl sites for hydroxylation is 1. The summed E-state index contributed by atoms with van der Waals surface area (Å²) in [5.41, 5.74) is 6.16. The molecule has 0 spiro atoms. The van der Waals surface area contributed by atoms with Crippen LogP contribution in [0.15, 0.2) is 10.3 Å². The van der Waals surface area contributed by atoms with Gasteiger partial charge in [-0.2, -0.15) is 0 Å². The molecule has 0 amide bonds. The molecule has 1 aliphatic rings. The maximum absolute atomic E-state index is 12.5. The summed E-state index contributed by atoms with van der Waals surface area (Å²) in [6.45, 7) is 1.91. The number of nitrogens with one attached hydrogen (secondary N) is 1. The van der Waals surface area contributed by atoms with Gasteiger partial charge in [-0.25, -0.2) is 17.9 Å². The van der Waals surface area contributed by atoms with Crippen molar-refractivity contribution < 1.29 is 17.9 Å². The van der Waals surface area contributed by atoms with Crippen LogP contribution < -0.4 is 10.5 Å². The molecule has 0 saturated heterocycles. The van der Waals surface area contributed by atoms with E-state index < -0.39 is 16.0 Å². The van der Waals surface area contributed by atoms with Crippen LogP contribution in [0.4, 0.5) is 0 Å². The summed E-state index contributed by atoms with van der Waals surface area (Å²) in [5.74, 6) is -0.338. The third kappa shape index (κ3) is 3.95. The third-order valence-corrected chi connectivity index (χ3v) is 6.19. The smallest absolute Gasteiger partial charge is 0.349 e. The molecule has 3 N–H and O–H groups in total. The second-order valence-corrected chi connectivity index (χ2v) is 7.40. The zero-order valence-electron chi connectivity index (χ0n) is 11.8. The molecule has 0 bridgehead atoms. The number of nitrogens with two attached hydrogens (primary N) is 1. The van der Waals surface area contributed by atoms with E-state index in [0.717, 1.165) is 24.2 Å². The Balaban J connectivity index is 0.00000220. The molecule has 1 unspecified atom stereocenters. The van der Waals surface area contributed by atoms with Gasteiger partial charge < -0.3 is 10.5 Å². The summed E-state index contributed by atoms with van der Waals surface area (Å²) >= 11 is 1.07. The Bertz CT molecular complexity index is 611. The lowest BCUT2D eigenvalue weighted by molar-refractivity contribution is 0.0602. The van der Waals surface area contributed by atoms with Gasteiger partial charge in [0.1, 0.15) is 9.77 Å². The van der Waals surface area contributed by atoms with E-state index in [1.54, 1.807) is 12.3 Å². The van der Waals surface area contributed by atoms with Crippen LogP contribution in [-0.2, 0) is 14.8 Å². The molecule has 1 fully saturated rings. The summed E-state index contributed by atoms with van der Waals surface area (Å²) in [6.07, 6.45) is 1.97. The van der Waals surface area contributed by atoms with Crippen molar-refractivity contribution in [2.45, 2.75) is 30.7 Å². The SMILES string of the molecule is COC(=O)c1scc(C)c1S(=O)(=O)NC(CN)C1CC1.Cl. The fourth-order valence-electron chi connectivity index (χ4n) is 2.09. The molecule has 0 radical (unpaired) electrons. The van der Waals surface area contributed by atoms with Gasteiger partial charge in [-0.3, -0.25) is 0 Å². The van der Waals surface area contributed by atoms with Gasteiger partial charge >= 0.3 is 5.97 Å². The van der Waals surface area contributed by atoms with Crippen LogP contribution in [-0.4, -0.2) is 34.1 Å². The molecule has 2 rings (SSSR count). The molecule has 0 aliphatic heterocycles. The lowest BCUT2D eigenvalue weighted by Gasteiger charge is -2.16. The Morgan fingerprint density at radius 2 is 2.19 bits per heavy atom. The number of thiophene rings is 1. The quantitative estimate of drug-likeness (QED) is 0.750. The van der Waals surface area contributed by atoms with E-state index in [2.05, 4.69) is 9.46 Å². The van der Waals surface area contributed by atoms with Gasteiger partial charge in [0.25, 0.3) is 0 Å². The Morgan fingerprint density at radius 3 is 2.67 bits per heavy atom. The van der Waals surface area contributed by atoms with Crippen LogP contribution in [0.2, 0.25) is 0 Å².